The quantitative estimate of drug-likeness (QED) is 0.726. The van der Waals surface area contributed by atoms with Gasteiger partial charge in [0.15, 0.2) is 0 Å². The highest BCUT2D eigenvalue weighted by Gasteiger charge is 2.07. The molecule has 0 aliphatic heterocycles. The summed E-state index contributed by atoms with van der Waals surface area (Å²) >= 11 is 0. The Morgan fingerprint density at radius 2 is 1.90 bits per heavy atom. The normalized spacial score (nSPS) is 10.4. The number of carbonyl (C=O) groups excluding carboxylic acids is 1. The number of fused-ring (bicyclic) bond motifs is 1. The van der Waals surface area contributed by atoms with Crippen molar-refractivity contribution >= 4 is 22.5 Å². The number of pyridine rings is 2. The number of para-hydroxylation sites is 1. The molecular weight excluding hydrogens is 257 g/mol. The minimum absolute atomic E-state index is 0.291. The van der Waals surface area contributed by atoms with E-state index in [1.807, 2.05) is 30.3 Å². The van der Waals surface area contributed by atoms with E-state index in [4.69, 9.17) is 0 Å². The smallest absolute Gasteiger partial charge is 0.257 e. The molecule has 5 heteroatoms. The number of anilines is 1. The Morgan fingerprint density at radius 3 is 2.70 bits per heavy atom. The van der Waals surface area contributed by atoms with Crippen LogP contribution in [0.4, 0.5) is 10.1 Å². The summed E-state index contributed by atoms with van der Waals surface area (Å²) in [5.41, 5.74) is 1.73. The molecule has 98 valence electrons. The van der Waals surface area contributed by atoms with Gasteiger partial charge in [-0.2, -0.15) is 4.39 Å². The van der Waals surface area contributed by atoms with Gasteiger partial charge in [-0.15, -0.1) is 0 Å². The lowest BCUT2D eigenvalue weighted by Crippen LogP contribution is -2.12. The SMILES string of the molecule is O=C(Nc1cnc2ccccc2c1)c1ccc(F)nc1. The molecule has 0 saturated carbocycles. The number of amides is 1. The molecule has 1 amide bonds. The van der Waals surface area contributed by atoms with Crippen molar-refractivity contribution in [2.75, 3.05) is 5.32 Å². The molecule has 0 atom stereocenters. The maximum atomic E-state index is 12.7. The van der Waals surface area contributed by atoms with Crippen molar-refractivity contribution in [2.24, 2.45) is 0 Å². The van der Waals surface area contributed by atoms with E-state index in [1.165, 1.54) is 12.3 Å². The van der Waals surface area contributed by atoms with Gasteiger partial charge >= 0.3 is 0 Å². The van der Waals surface area contributed by atoms with E-state index in [2.05, 4.69) is 15.3 Å². The van der Waals surface area contributed by atoms with Gasteiger partial charge in [-0.3, -0.25) is 9.78 Å². The number of aromatic nitrogens is 2. The van der Waals surface area contributed by atoms with Gasteiger partial charge in [0.05, 0.1) is 23.0 Å². The molecule has 0 bridgehead atoms. The molecule has 0 radical (unpaired) electrons. The Labute approximate surface area is 114 Å². The standard InChI is InChI=1S/C15H10FN3O/c16-14-6-5-11(8-18-14)15(20)19-12-7-10-3-1-2-4-13(10)17-9-12/h1-9H,(H,19,20). The lowest BCUT2D eigenvalue weighted by Gasteiger charge is -2.05. The highest BCUT2D eigenvalue weighted by atomic mass is 19.1. The molecular formula is C15H10FN3O. The Morgan fingerprint density at radius 1 is 1.05 bits per heavy atom. The van der Waals surface area contributed by atoms with Crippen molar-refractivity contribution in [3.8, 4) is 0 Å². The summed E-state index contributed by atoms with van der Waals surface area (Å²) in [5, 5.41) is 3.64. The van der Waals surface area contributed by atoms with Gasteiger partial charge in [-0.05, 0) is 24.3 Å². The first kappa shape index (κ1) is 12.2. The molecule has 4 nitrogen and oxygen atoms in total. The second kappa shape index (κ2) is 5.05. The van der Waals surface area contributed by atoms with E-state index in [0.29, 0.717) is 11.3 Å². The van der Waals surface area contributed by atoms with Gasteiger partial charge < -0.3 is 5.32 Å². The third kappa shape index (κ3) is 2.47. The molecule has 3 aromatic rings. The van der Waals surface area contributed by atoms with Gasteiger partial charge in [-0.1, -0.05) is 18.2 Å². The molecule has 0 unspecified atom stereocenters. The zero-order valence-electron chi connectivity index (χ0n) is 10.4. The maximum Gasteiger partial charge on any atom is 0.257 e. The lowest BCUT2D eigenvalue weighted by molar-refractivity contribution is 0.102. The van der Waals surface area contributed by atoms with Crippen LogP contribution in [0.1, 0.15) is 10.4 Å². The number of rotatable bonds is 2. The van der Waals surface area contributed by atoms with E-state index in [9.17, 15) is 9.18 Å². The van der Waals surface area contributed by atoms with E-state index in [-0.39, 0.29) is 5.91 Å². The molecule has 0 aliphatic rings. The van der Waals surface area contributed by atoms with E-state index >= 15 is 0 Å². The van der Waals surface area contributed by atoms with Crippen LogP contribution in [0.25, 0.3) is 10.9 Å². The number of nitrogens with one attached hydrogen (secondary N) is 1. The first-order valence-electron chi connectivity index (χ1n) is 6.00. The predicted molar refractivity (Wildman–Crippen MR) is 73.9 cm³/mol. The van der Waals surface area contributed by atoms with Crippen LogP contribution in [0.3, 0.4) is 0 Å². The Hall–Kier alpha value is -2.82. The van der Waals surface area contributed by atoms with Gasteiger partial charge in [0.25, 0.3) is 5.91 Å². The zero-order chi connectivity index (χ0) is 13.9. The van der Waals surface area contributed by atoms with E-state index in [1.54, 1.807) is 6.20 Å². The van der Waals surface area contributed by atoms with Crippen LogP contribution >= 0.6 is 0 Å². The van der Waals surface area contributed by atoms with Crippen LogP contribution in [0.2, 0.25) is 0 Å². The Balaban J connectivity index is 1.85. The molecule has 20 heavy (non-hydrogen) atoms. The third-order valence-electron chi connectivity index (χ3n) is 2.84. The fourth-order valence-corrected chi connectivity index (χ4v) is 1.85. The predicted octanol–water partition coefficient (Wildman–Crippen LogP) is 3.02. The fraction of sp³-hybridized carbons (Fsp3) is 0. The zero-order valence-corrected chi connectivity index (χ0v) is 10.4. The average Bonchev–Trinajstić information content (AvgIpc) is 2.48. The third-order valence-corrected chi connectivity index (χ3v) is 2.84. The number of carbonyl (C=O) groups is 1. The number of benzene rings is 1. The highest BCUT2D eigenvalue weighted by molar-refractivity contribution is 6.04. The van der Waals surface area contributed by atoms with Gasteiger partial charge in [0.2, 0.25) is 5.95 Å². The molecule has 3 rings (SSSR count). The van der Waals surface area contributed by atoms with Crippen LogP contribution in [-0.4, -0.2) is 15.9 Å². The van der Waals surface area contributed by atoms with Crippen molar-refractivity contribution in [3.05, 3.63) is 66.4 Å². The van der Waals surface area contributed by atoms with Gasteiger partial charge in [0, 0.05) is 11.6 Å². The monoisotopic (exact) mass is 267 g/mol. The van der Waals surface area contributed by atoms with Crippen molar-refractivity contribution in [2.45, 2.75) is 0 Å². The highest BCUT2D eigenvalue weighted by Crippen LogP contribution is 2.16. The second-order valence-electron chi connectivity index (χ2n) is 4.24. The van der Waals surface area contributed by atoms with Gasteiger partial charge in [0.1, 0.15) is 0 Å². The van der Waals surface area contributed by atoms with Crippen LogP contribution in [0.5, 0.6) is 0 Å². The first-order chi connectivity index (χ1) is 9.72. The van der Waals surface area contributed by atoms with Crippen LogP contribution < -0.4 is 5.32 Å². The summed E-state index contributed by atoms with van der Waals surface area (Å²) in [6, 6.07) is 12.0. The number of hydrogen-bond donors (Lipinski definition) is 1. The fourth-order valence-electron chi connectivity index (χ4n) is 1.85. The van der Waals surface area contributed by atoms with Crippen molar-refractivity contribution < 1.29 is 9.18 Å². The summed E-state index contributed by atoms with van der Waals surface area (Å²) in [6.07, 6.45) is 2.77. The number of halogens is 1. The topological polar surface area (TPSA) is 54.9 Å². The van der Waals surface area contributed by atoms with Gasteiger partial charge in [-0.25, -0.2) is 4.98 Å². The summed E-state index contributed by atoms with van der Waals surface area (Å²) < 4.78 is 12.7. The summed E-state index contributed by atoms with van der Waals surface area (Å²) in [7, 11) is 0. The lowest BCUT2D eigenvalue weighted by atomic mass is 10.2. The molecule has 0 spiro atoms. The molecule has 0 saturated heterocycles. The molecule has 2 heterocycles. The summed E-state index contributed by atoms with van der Waals surface area (Å²) in [5.74, 6) is -0.969. The number of nitrogens with zero attached hydrogens (tertiary/aromatic N) is 2. The van der Waals surface area contributed by atoms with Crippen LogP contribution in [0, 0.1) is 5.95 Å². The van der Waals surface area contributed by atoms with Crippen LogP contribution in [-0.2, 0) is 0 Å². The minimum Gasteiger partial charge on any atom is -0.321 e. The average molecular weight is 267 g/mol. The molecule has 0 aliphatic carbocycles. The van der Waals surface area contributed by atoms with E-state index in [0.717, 1.165) is 17.0 Å². The second-order valence-corrected chi connectivity index (χ2v) is 4.24. The summed E-state index contributed by atoms with van der Waals surface area (Å²) in [4.78, 5) is 19.7. The van der Waals surface area contributed by atoms with Crippen molar-refractivity contribution in [1.82, 2.24) is 9.97 Å². The molecule has 2 aromatic heterocycles. The largest absolute Gasteiger partial charge is 0.321 e. The summed E-state index contributed by atoms with van der Waals surface area (Å²) in [6.45, 7) is 0. The maximum absolute atomic E-state index is 12.7. The molecule has 0 fully saturated rings. The van der Waals surface area contributed by atoms with Crippen molar-refractivity contribution in [1.29, 1.82) is 0 Å². The first-order valence-corrected chi connectivity index (χ1v) is 6.00. The Kier molecular flexibility index (Phi) is 3.09. The molecule has 1 N–H and O–H groups in total. The molecule has 1 aromatic carbocycles. The number of hydrogen-bond acceptors (Lipinski definition) is 3. The van der Waals surface area contributed by atoms with Crippen LogP contribution in [0.15, 0.2) is 54.9 Å². The minimum atomic E-state index is -0.617. The van der Waals surface area contributed by atoms with E-state index < -0.39 is 5.95 Å². The van der Waals surface area contributed by atoms with Crippen molar-refractivity contribution in [3.63, 3.8) is 0 Å². The Bertz CT molecular complexity index is 771.